The molecule has 2 rings (SSSR count). The van der Waals surface area contributed by atoms with Crippen LogP contribution in [0.15, 0.2) is 16.6 Å². The Bertz CT molecular complexity index is 695. The highest BCUT2D eigenvalue weighted by Crippen LogP contribution is 2.41. The molecule has 0 spiro atoms. The number of unbranched alkanes of at least 4 members (excludes halogenated alkanes) is 7. The van der Waals surface area contributed by atoms with Gasteiger partial charge < -0.3 is 25.5 Å². The number of carbonyl (C=O) groups is 1. The van der Waals surface area contributed by atoms with E-state index >= 15 is 0 Å². The molecule has 208 valence electrons. The first-order chi connectivity index (χ1) is 17.2. The molecule has 0 aromatic carbocycles. The van der Waals surface area contributed by atoms with Crippen LogP contribution in [-0.2, 0) is 4.79 Å². The first kappa shape index (κ1) is 30.9. The van der Waals surface area contributed by atoms with Crippen molar-refractivity contribution >= 4 is 12.2 Å². The molecule has 0 radical (unpaired) electrons. The van der Waals surface area contributed by atoms with Crippen LogP contribution in [0, 0.1) is 11.8 Å². The van der Waals surface area contributed by atoms with Gasteiger partial charge in [-0.15, -0.1) is 0 Å². The molecule has 6 unspecified atom stereocenters. The third-order valence-corrected chi connectivity index (χ3v) is 8.16. The van der Waals surface area contributed by atoms with Gasteiger partial charge in [-0.2, -0.15) is 0 Å². The molecule has 1 aliphatic heterocycles. The van der Waals surface area contributed by atoms with E-state index in [1.54, 1.807) is 0 Å². The van der Waals surface area contributed by atoms with Crippen LogP contribution >= 0.6 is 0 Å². The minimum Gasteiger partial charge on any atom is -0.481 e. The lowest BCUT2D eigenvalue weighted by Crippen LogP contribution is -2.39. The number of aliphatic hydroxyl groups is 4. The number of carboxylic acids is 1. The minimum atomic E-state index is -1.28. The predicted molar refractivity (Wildman–Crippen MR) is 143 cm³/mol. The van der Waals surface area contributed by atoms with E-state index in [1.165, 1.54) is 25.7 Å². The van der Waals surface area contributed by atoms with E-state index in [0.717, 1.165) is 50.5 Å². The molecule has 1 aliphatic carbocycles. The van der Waals surface area contributed by atoms with Gasteiger partial charge in [0.25, 0.3) is 0 Å². The summed E-state index contributed by atoms with van der Waals surface area (Å²) in [5, 5.41) is 51.9. The fourth-order valence-corrected chi connectivity index (χ4v) is 5.85. The van der Waals surface area contributed by atoms with E-state index in [9.17, 15) is 30.3 Å². The smallest absolute Gasteiger partial charge is 0.309 e. The van der Waals surface area contributed by atoms with Gasteiger partial charge in [0.2, 0.25) is 0 Å². The molecule has 1 heterocycles. The Hall–Kier alpha value is -1.28. The third-order valence-electron chi connectivity index (χ3n) is 8.16. The monoisotopic (exact) mass is 509 g/mol. The predicted octanol–water partition coefficient (Wildman–Crippen LogP) is 4.79. The molecule has 0 amide bonds. The Morgan fingerprint density at radius 1 is 1.03 bits per heavy atom. The standard InChI is InChI=1S/C29H51NO6/c1-2-3-4-5-8-11-24(31)12-9-6-7-10-13-25(28(34)35)26(32)14-16-29(36)20-23(19-27(29)33)18-22-15-17-30-21-22/h15,21,23-27,31-33,36H,2-14,16-20H2,1H3,(H,34,35). The minimum absolute atomic E-state index is 0.159. The maximum atomic E-state index is 11.8. The summed E-state index contributed by atoms with van der Waals surface area (Å²) >= 11 is 0. The van der Waals surface area contributed by atoms with Crippen LogP contribution in [0.5, 0.6) is 0 Å². The lowest BCUT2D eigenvalue weighted by Gasteiger charge is -2.29. The summed E-state index contributed by atoms with van der Waals surface area (Å²) in [6.45, 7) is 2.89. The van der Waals surface area contributed by atoms with Crippen LogP contribution in [0.25, 0.3) is 0 Å². The van der Waals surface area contributed by atoms with Crippen molar-refractivity contribution in [1.29, 1.82) is 0 Å². The van der Waals surface area contributed by atoms with Gasteiger partial charge in [0.05, 0.1) is 36.4 Å². The second kappa shape index (κ2) is 16.5. The first-order valence-electron chi connectivity index (χ1n) is 14.4. The molecule has 0 aromatic rings. The molecule has 36 heavy (non-hydrogen) atoms. The first-order valence-corrected chi connectivity index (χ1v) is 14.4. The fourth-order valence-electron chi connectivity index (χ4n) is 5.85. The number of aliphatic carboxylic acids is 1. The van der Waals surface area contributed by atoms with Crippen molar-refractivity contribution in [1.82, 2.24) is 0 Å². The Balaban J connectivity index is 1.62. The summed E-state index contributed by atoms with van der Waals surface area (Å²) in [6, 6.07) is 0. The van der Waals surface area contributed by atoms with Crippen LogP contribution in [0.1, 0.15) is 116 Å². The van der Waals surface area contributed by atoms with E-state index < -0.39 is 29.7 Å². The summed E-state index contributed by atoms with van der Waals surface area (Å²) < 4.78 is 0. The molecule has 0 bridgehead atoms. The van der Waals surface area contributed by atoms with Crippen molar-refractivity contribution in [2.75, 3.05) is 6.54 Å². The molecule has 7 heteroatoms. The SMILES string of the molecule is CCCCCCCC(O)CCCCCCC(C(=O)O)C(O)CCC1(O)CC(CC2=CCN=C2)CC1O. The highest BCUT2D eigenvalue weighted by Gasteiger charge is 2.45. The van der Waals surface area contributed by atoms with E-state index in [1.807, 2.05) is 6.21 Å². The normalized spacial score (nSPS) is 26.2. The van der Waals surface area contributed by atoms with Crippen LogP contribution in [-0.4, -0.2) is 68.2 Å². The Morgan fingerprint density at radius 2 is 1.67 bits per heavy atom. The van der Waals surface area contributed by atoms with E-state index in [2.05, 4.69) is 18.0 Å². The molecule has 7 nitrogen and oxygen atoms in total. The second-order valence-electron chi connectivity index (χ2n) is 11.3. The summed E-state index contributed by atoms with van der Waals surface area (Å²) in [4.78, 5) is 16.0. The van der Waals surface area contributed by atoms with Crippen LogP contribution in [0.4, 0.5) is 0 Å². The number of hydrogen-bond donors (Lipinski definition) is 5. The van der Waals surface area contributed by atoms with E-state index in [0.29, 0.717) is 32.2 Å². The molecule has 5 N–H and O–H groups in total. The lowest BCUT2D eigenvalue weighted by molar-refractivity contribution is -0.147. The number of carboxylic acid groups (broad SMARTS) is 1. The summed E-state index contributed by atoms with van der Waals surface area (Å²) in [5.41, 5.74) is -0.138. The number of aliphatic imine (C=N–C) groups is 1. The largest absolute Gasteiger partial charge is 0.481 e. The average molecular weight is 510 g/mol. The number of rotatable bonds is 20. The fraction of sp³-hybridized carbons (Fsp3) is 0.862. The van der Waals surface area contributed by atoms with Crippen LogP contribution < -0.4 is 0 Å². The number of aliphatic hydroxyl groups excluding tert-OH is 3. The molecule has 0 saturated heterocycles. The van der Waals surface area contributed by atoms with Crippen LogP contribution in [0.2, 0.25) is 0 Å². The lowest BCUT2D eigenvalue weighted by atomic mass is 9.86. The number of allylic oxidation sites excluding steroid dienone is 1. The average Bonchev–Trinajstić information content (AvgIpc) is 3.44. The summed E-state index contributed by atoms with van der Waals surface area (Å²) in [5.74, 6) is -1.71. The van der Waals surface area contributed by atoms with E-state index in [-0.39, 0.29) is 24.9 Å². The van der Waals surface area contributed by atoms with Crippen molar-refractivity contribution in [2.24, 2.45) is 16.8 Å². The zero-order chi connectivity index (χ0) is 26.4. The van der Waals surface area contributed by atoms with Gasteiger partial charge in [-0.3, -0.25) is 9.79 Å². The Morgan fingerprint density at radius 3 is 2.25 bits per heavy atom. The van der Waals surface area contributed by atoms with Gasteiger partial charge in [0.1, 0.15) is 0 Å². The quantitative estimate of drug-likeness (QED) is 0.150. The van der Waals surface area contributed by atoms with Crippen molar-refractivity contribution in [3.8, 4) is 0 Å². The Kier molecular flexibility index (Phi) is 14.2. The number of nitrogens with zero attached hydrogens (tertiary/aromatic N) is 1. The van der Waals surface area contributed by atoms with Gasteiger partial charge in [0, 0.05) is 6.21 Å². The highest BCUT2D eigenvalue weighted by molar-refractivity contribution is 5.80. The molecule has 1 fully saturated rings. The molecule has 0 aromatic heterocycles. The zero-order valence-electron chi connectivity index (χ0n) is 22.4. The zero-order valence-corrected chi connectivity index (χ0v) is 22.4. The summed E-state index contributed by atoms with van der Waals surface area (Å²) in [7, 11) is 0. The van der Waals surface area contributed by atoms with Crippen molar-refractivity contribution in [2.45, 2.75) is 140 Å². The molecule has 2 aliphatic rings. The molecular weight excluding hydrogens is 458 g/mol. The van der Waals surface area contributed by atoms with E-state index in [4.69, 9.17) is 0 Å². The third kappa shape index (κ3) is 11.0. The van der Waals surface area contributed by atoms with Crippen molar-refractivity contribution < 1.29 is 30.3 Å². The molecule has 6 atom stereocenters. The van der Waals surface area contributed by atoms with Crippen LogP contribution in [0.3, 0.4) is 0 Å². The molecule has 1 saturated carbocycles. The Labute approximate surface area is 217 Å². The van der Waals surface area contributed by atoms with Gasteiger partial charge >= 0.3 is 5.97 Å². The van der Waals surface area contributed by atoms with Gasteiger partial charge in [-0.1, -0.05) is 70.8 Å². The highest BCUT2D eigenvalue weighted by atomic mass is 16.4. The van der Waals surface area contributed by atoms with Crippen molar-refractivity contribution in [3.05, 3.63) is 11.6 Å². The van der Waals surface area contributed by atoms with Gasteiger partial charge in [0.15, 0.2) is 0 Å². The number of hydrogen-bond acceptors (Lipinski definition) is 6. The topological polar surface area (TPSA) is 131 Å². The van der Waals surface area contributed by atoms with Crippen molar-refractivity contribution in [3.63, 3.8) is 0 Å². The maximum Gasteiger partial charge on any atom is 0.309 e. The second-order valence-corrected chi connectivity index (χ2v) is 11.3. The van der Waals surface area contributed by atoms with Gasteiger partial charge in [-0.05, 0) is 62.9 Å². The maximum absolute atomic E-state index is 11.8. The summed E-state index contributed by atoms with van der Waals surface area (Å²) in [6.07, 6.45) is 15.4. The molecular formula is C29H51NO6. The van der Waals surface area contributed by atoms with Gasteiger partial charge in [-0.25, -0.2) is 0 Å².